The van der Waals surface area contributed by atoms with Gasteiger partial charge < -0.3 is 11.1 Å². The lowest BCUT2D eigenvalue weighted by atomic mass is 10.1. The van der Waals surface area contributed by atoms with Gasteiger partial charge in [-0.1, -0.05) is 18.2 Å². The molecule has 0 unspecified atom stereocenters. The van der Waals surface area contributed by atoms with E-state index >= 15 is 0 Å². The molecule has 2 aromatic carbocycles. The average molecular weight is 305 g/mol. The van der Waals surface area contributed by atoms with E-state index in [-0.39, 0.29) is 5.91 Å². The fraction of sp³-hybridized carbons (Fsp3) is 0.0714. The first-order chi connectivity index (χ1) is 9.85. The minimum absolute atomic E-state index is 0.357. The Morgan fingerprint density at radius 3 is 2.38 bits per heavy atom. The first-order valence-electron chi connectivity index (χ1n) is 6.09. The van der Waals surface area contributed by atoms with E-state index in [0.717, 1.165) is 6.26 Å². The number of nitrogen functional groups attached to an aromatic ring is 1. The summed E-state index contributed by atoms with van der Waals surface area (Å²) >= 11 is 0. The third-order valence-corrected chi connectivity index (χ3v) is 3.24. The molecule has 2 aromatic rings. The number of anilines is 3. The zero-order valence-corrected chi connectivity index (χ0v) is 12.1. The Morgan fingerprint density at radius 2 is 1.71 bits per heavy atom. The molecular weight excluding hydrogens is 290 g/mol. The molecule has 0 aliphatic rings. The summed E-state index contributed by atoms with van der Waals surface area (Å²) in [7, 11) is -3.36. The maximum absolute atomic E-state index is 12.1. The lowest BCUT2D eigenvalue weighted by Gasteiger charge is -2.09. The monoisotopic (exact) mass is 305 g/mol. The van der Waals surface area contributed by atoms with Gasteiger partial charge in [0.05, 0.1) is 17.5 Å². The quantitative estimate of drug-likeness (QED) is 0.751. The molecule has 110 valence electrons. The van der Waals surface area contributed by atoms with Crippen molar-refractivity contribution >= 4 is 33.0 Å². The molecule has 0 saturated heterocycles. The molecule has 4 N–H and O–H groups in total. The van der Waals surface area contributed by atoms with Crippen LogP contribution in [0.15, 0.2) is 48.5 Å². The molecule has 0 aromatic heterocycles. The Kier molecular flexibility index (Phi) is 4.13. The van der Waals surface area contributed by atoms with E-state index in [1.54, 1.807) is 42.5 Å². The fourth-order valence-corrected chi connectivity index (χ4v) is 2.33. The first-order valence-corrected chi connectivity index (χ1v) is 7.98. The third-order valence-electron chi connectivity index (χ3n) is 2.63. The van der Waals surface area contributed by atoms with Crippen LogP contribution < -0.4 is 15.8 Å². The van der Waals surface area contributed by atoms with E-state index < -0.39 is 10.0 Å². The van der Waals surface area contributed by atoms with Crippen molar-refractivity contribution in [3.05, 3.63) is 54.1 Å². The topological polar surface area (TPSA) is 101 Å². The number of benzene rings is 2. The smallest absolute Gasteiger partial charge is 0.257 e. The minimum atomic E-state index is -3.36. The van der Waals surface area contributed by atoms with Crippen LogP contribution in [-0.4, -0.2) is 20.6 Å². The largest absolute Gasteiger partial charge is 0.398 e. The molecular formula is C14H15N3O3S. The number of carbonyl (C=O) groups is 1. The van der Waals surface area contributed by atoms with E-state index in [4.69, 9.17) is 5.73 Å². The normalized spacial score (nSPS) is 10.9. The van der Waals surface area contributed by atoms with Crippen molar-refractivity contribution in [3.63, 3.8) is 0 Å². The zero-order valence-electron chi connectivity index (χ0n) is 11.3. The van der Waals surface area contributed by atoms with Crippen molar-refractivity contribution in [1.29, 1.82) is 0 Å². The number of hydrogen-bond donors (Lipinski definition) is 3. The van der Waals surface area contributed by atoms with Gasteiger partial charge >= 0.3 is 0 Å². The van der Waals surface area contributed by atoms with Gasteiger partial charge in [0, 0.05) is 11.4 Å². The van der Waals surface area contributed by atoms with Crippen LogP contribution in [0, 0.1) is 0 Å². The second-order valence-corrected chi connectivity index (χ2v) is 6.24. The van der Waals surface area contributed by atoms with Crippen LogP contribution in [0.2, 0.25) is 0 Å². The van der Waals surface area contributed by atoms with Gasteiger partial charge in [0.2, 0.25) is 10.0 Å². The maximum Gasteiger partial charge on any atom is 0.257 e. The van der Waals surface area contributed by atoms with Crippen LogP contribution in [0.1, 0.15) is 10.4 Å². The number of para-hydroxylation sites is 1. The zero-order chi connectivity index (χ0) is 15.5. The van der Waals surface area contributed by atoms with E-state index in [1.165, 1.54) is 6.07 Å². The van der Waals surface area contributed by atoms with Crippen molar-refractivity contribution in [2.45, 2.75) is 0 Å². The molecule has 1 amide bonds. The highest BCUT2D eigenvalue weighted by molar-refractivity contribution is 7.92. The number of rotatable bonds is 4. The molecule has 0 heterocycles. The minimum Gasteiger partial charge on any atom is -0.398 e. The van der Waals surface area contributed by atoms with E-state index in [1.807, 2.05) is 0 Å². The van der Waals surface area contributed by atoms with Gasteiger partial charge in [0.15, 0.2) is 0 Å². The molecule has 6 nitrogen and oxygen atoms in total. The number of sulfonamides is 1. The molecule has 0 aliphatic heterocycles. The summed E-state index contributed by atoms with van der Waals surface area (Å²) in [6.45, 7) is 0. The van der Waals surface area contributed by atoms with Crippen molar-refractivity contribution in [3.8, 4) is 0 Å². The predicted octanol–water partition coefficient (Wildman–Crippen LogP) is 1.89. The lowest BCUT2D eigenvalue weighted by molar-refractivity contribution is 0.102. The number of hydrogen-bond acceptors (Lipinski definition) is 4. The standard InChI is InChI=1S/C14H15N3O3S/c1-21(19,20)17-11-6-4-5-10(9-11)16-14(18)12-7-2-3-8-13(12)15/h2-9,17H,15H2,1H3,(H,16,18). The maximum atomic E-state index is 12.1. The summed E-state index contributed by atoms with van der Waals surface area (Å²) in [5, 5.41) is 2.67. The van der Waals surface area contributed by atoms with Gasteiger partial charge in [0.25, 0.3) is 5.91 Å². The highest BCUT2D eigenvalue weighted by Gasteiger charge is 2.10. The molecule has 0 fully saturated rings. The lowest BCUT2D eigenvalue weighted by Crippen LogP contribution is -2.14. The Labute approximate surface area is 123 Å². The Morgan fingerprint density at radius 1 is 1.05 bits per heavy atom. The van der Waals surface area contributed by atoms with Gasteiger partial charge in [-0.3, -0.25) is 9.52 Å². The predicted molar refractivity (Wildman–Crippen MR) is 83.7 cm³/mol. The van der Waals surface area contributed by atoms with Gasteiger partial charge in [0.1, 0.15) is 0 Å². The summed E-state index contributed by atoms with van der Waals surface area (Å²) in [5.74, 6) is -0.357. The van der Waals surface area contributed by atoms with Crippen molar-refractivity contribution in [2.24, 2.45) is 0 Å². The fourth-order valence-electron chi connectivity index (χ4n) is 1.78. The SMILES string of the molecule is CS(=O)(=O)Nc1cccc(NC(=O)c2ccccc2N)c1. The number of nitrogens with two attached hydrogens (primary N) is 1. The van der Waals surface area contributed by atoms with Crippen molar-refractivity contribution in [1.82, 2.24) is 0 Å². The van der Waals surface area contributed by atoms with E-state index in [2.05, 4.69) is 10.0 Å². The molecule has 0 spiro atoms. The molecule has 7 heteroatoms. The number of nitrogens with one attached hydrogen (secondary N) is 2. The molecule has 0 saturated carbocycles. The summed E-state index contributed by atoms with van der Waals surface area (Å²) < 4.78 is 24.7. The summed E-state index contributed by atoms with van der Waals surface area (Å²) in [4.78, 5) is 12.1. The van der Waals surface area contributed by atoms with Gasteiger partial charge in [-0.2, -0.15) is 0 Å². The molecule has 21 heavy (non-hydrogen) atoms. The van der Waals surface area contributed by atoms with Crippen molar-refractivity contribution in [2.75, 3.05) is 22.0 Å². The van der Waals surface area contributed by atoms with Crippen LogP contribution >= 0.6 is 0 Å². The number of carbonyl (C=O) groups excluding carboxylic acids is 1. The second-order valence-electron chi connectivity index (χ2n) is 4.50. The number of amides is 1. The Hall–Kier alpha value is -2.54. The molecule has 0 bridgehead atoms. The summed E-state index contributed by atoms with van der Waals surface area (Å²) in [6.07, 6.45) is 1.06. The van der Waals surface area contributed by atoms with E-state index in [0.29, 0.717) is 22.6 Å². The van der Waals surface area contributed by atoms with Gasteiger partial charge in [-0.15, -0.1) is 0 Å². The van der Waals surface area contributed by atoms with Crippen LogP contribution in [0.4, 0.5) is 17.1 Å². The highest BCUT2D eigenvalue weighted by atomic mass is 32.2. The van der Waals surface area contributed by atoms with Crippen LogP contribution in [0.3, 0.4) is 0 Å². The van der Waals surface area contributed by atoms with Crippen molar-refractivity contribution < 1.29 is 13.2 Å². The van der Waals surface area contributed by atoms with Gasteiger partial charge in [-0.25, -0.2) is 8.42 Å². The van der Waals surface area contributed by atoms with Crippen LogP contribution in [-0.2, 0) is 10.0 Å². The Balaban J connectivity index is 2.19. The summed E-state index contributed by atoms with van der Waals surface area (Å²) in [6, 6.07) is 13.1. The van der Waals surface area contributed by atoms with Gasteiger partial charge in [-0.05, 0) is 30.3 Å². The molecule has 0 radical (unpaired) electrons. The third kappa shape index (κ3) is 4.22. The van der Waals surface area contributed by atoms with E-state index in [9.17, 15) is 13.2 Å². The van der Waals surface area contributed by atoms with Crippen LogP contribution in [0.25, 0.3) is 0 Å². The second kappa shape index (κ2) is 5.84. The Bertz CT molecular complexity index is 773. The first kappa shape index (κ1) is 14.9. The highest BCUT2D eigenvalue weighted by Crippen LogP contribution is 2.18. The average Bonchev–Trinajstić information content (AvgIpc) is 2.37. The molecule has 2 rings (SSSR count). The molecule has 0 atom stereocenters. The molecule has 0 aliphatic carbocycles. The summed E-state index contributed by atoms with van der Waals surface area (Å²) in [5.41, 5.74) is 7.31. The van der Waals surface area contributed by atoms with Crippen LogP contribution in [0.5, 0.6) is 0 Å².